The van der Waals surface area contributed by atoms with E-state index in [2.05, 4.69) is 50.2 Å². The van der Waals surface area contributed by atoms with Crippen LogP contribution in [0.2, 0.25) is 0 Å². The van der Waals surface area contributed by atoms with Crippen LogP contribution in [0.4, 0.5) is 5.69 Å². The number of nitrogens with one attached hydrogen (secondary N) is 1. The first-order valence-electron chi connectivity index (χ1n) is 8.36. The normalized spacial score (nSPS) is 10.9. The molecule has 7 heteroatoms. The van der Waals surface area contributed by atoms with Gasteiger partial charge in [-0.3, -0.25) is 9.78 Å². The highest BCUT2D eigenvalue weighted by Gasteiger charge is 2.13. The van der Waals surface area contributed by atoms with Crippen molar-refractivity contribution in [2.24, 2.45) is 0 Å². The predicted octanol–water partition coefficient (Wildman–Crippen LogP) is 4.59. The number of halogens is 1. The Morgan fingerprint density at radius 3 is 2.85 bits per heavy atom. The third-order valence-electron chi connectivity index (χ3n) is 3.84. The van der Waals surface area contributed by atoms with Crippen LogP contribution in [0.1, 0.15) is 37.6 Å². The second-order valence-electron chi connectivity index (χ2n) is 6.16. The van der Waals surface area contributed by atoms with E-state index in [1.54, 1.807) is 6.20 Å². The molecule has 0 spiro atoms. The number of carbonyl (C=O) groups excluding carboxylic acids is 1. The van der Waals surface area contributed by atoms with E-state index < -0.39 is 0 Å². The molecule has 0 atom stereocenters. The number of aryl methyl sites for hydroxylation is 1. The standard InChI is InChI=1S/C19H19BrN4O2/c1-12(2)14-11-13(20)6-7-15(14)22-17(25)8-9-18-23-19(24-26-18)16-5-3-4-10-21-16/h3-7,10-12H,8-9H2,1-2H3,(H,22,25). The molecule has 2 heterocycles. The van der Waals surface area contributed by atoms with Gasteiger partial charge in [0.2, 0.25) is 17.6 Å². The summed E-state index contributed by atoms with van der Waals surface area (Å²) >= 11 is 3.47. The first-order chi connectivity index (χ1) is 12.5. The Morgan fingerprint density at radius 1 is 1.27 bits per heavy atom. The first-order valence-corrected chi connectivity index (χ1v) is 9.15. The molecule has 1 N–H and O–H groups in total. The minimum atomic E-state index is -0.0909. The lowest BCUT2D eigenvalue weighted by molar-refractivity contribution is -0.116. The fraction of sp³-hybridized carbons (Fsp3) is 0.263. The van der Waals surface area contributed by atoms with Crippen LogP contribution in [0.15, 0.2) is 51.6 Å². The fourth-order valence-electron chi connectivity index (χ4n) is 2.51. The average Bonchev–Trinajstić information content (AvgIpc) is 3.11. The van der Waals surface area contributed by atoms with Crippen molar-refractivity contribution in [3.8, 4) is 11.5 Å². The number of benzene rings is 1. The molecule has 134 valence electrons. The maximum atomic E-state index is 12.3. The average molecular weight is 415 g/mol. The molecule has 3 rings (SSSR count). The third-order valence-corrected chi connectivity index (χ3v) is 4.33. The molecular weight excluding hydrogens is 396 g/mol. The summed E-state index contributed by atoms with van der Waals surface area (Å²) < 4.78 is 6.20. The molecule has 1 aromatic carbocycles. The molecule has 0 bridgehead atoms. The summed E-state index contributed by atoms with van der Waals surface area (Å²) in [4.78, 5) is 20.8. The summed E-state index contributed by atoms with van der Waals surface area (Å²) in [5.74, 6) is 1.06. The number of hydrogen-bond donors (Lipinski definition) is 1. The zero-order valence-corrected chi connectivity index (χ0v) is 16.2. The first kappa shape index (κ1) is 18.3. The lowest BCUT2D eigenvalue weighted by Gasteiger charge is -2.14. The number of aromatic nitrogens is 3. The summed E-state index contributed by atoms with van der Waals surface area (Å²) in [6.07, 6.45) is 2.31. The van der Waals surface area contributed by atoms with Gasteiger partial charge in [0.15, 0.2) is 0 Å². The molecule has 6 nitrogen and oxygen atoms in total. The van der Waals surface area contributed by atoms with Crippen molar-refractivity contribution in [2.45, 2.75) is 32.6 Å². The van der Waals surface area contributed by atoms with Crippen LogP contribution in [0.3, 0.4) is 0 Å². The van der Waals surface area contributed by atoms with E-state index in [0.29, 0.717) is 29.7 Å². The van der Waals surface area contributed by atoms with Gasteiger partial charge in [0.05, 0.1) is 0 Å². The summed E-state index contributed by atoms with van der Waals surface area (Å²) in [6, 6.07) is 11.3. The quantitative estimate of drug-likeness (QED) is 0.637. The Hall–Kier alpha value is -2.54. The SMILES string of the molecule is CC(C)c1cc(Br)ccc1NC(=O)CCc1nc(-c2ccccn2)no1. The van der Waals surface area contributed by atoms with Crippen molar-refractivity contribution in [2.75, 3.05) is 5.32 Å². The van der Waals surface area contributed by atoms with Crippen molar-refractivity contribution in [3.63, 3.8) is 0 Å². The molecular formula is C19H19BrN4O2. The molecule has 0 aliphatic rings. The molecule has 2 aromatic heterocycles. The second-order valence-corrected chi connectivity index (χ2v) is 7.08. The van der Waals surface area contributed by atoms with E-state index in [1.165, 1.54) is 0 Å². The van der Waals surface area contributed by atoms with Gasteiger partial charge < -0.3 is 9.84 Å². The highest BCUT2D eigenvalue weighted by Crippen LogP contribution is 2.27. The topological polar surface area (TPSA) is 80.9 Å². The minimum absolute atomic E-state index is 0.0909. The van der Waals surface area contributed by atoms with Crippen LogP contribution in [0.25, 0.3) is 11.5 Å². The Labute approximate surface area is 160 Å². The van der Waals surface area contributed by atoms with Gasteiger partial charge in [0.1, 0.15) is 5.69 Å². The van der Waals surface area contributed by atoms with Gasteiger partial charge in [-0.2, -0.15) is 4.98 Å². The lowest BCUT2D eigenvalue weighted by atomic mass is 10.0. The highest BCUT2D eigenvalue weighted by molar-refractivity contribution is 9.10. The van der Waals surface area contributed by atoms with Gasteiger partial charge in [-0.25, -0.2) is 0 Å². The Bertz CT molecular complexity index is 894. The van der Waals surface area contributed by atoms with Crippen LogP contribution < -0.4 is 5.32 Å². The number of pyridine rings is 1. The van der Waals surface area contributed by atoms with E-state index in [0.717, 1.165) is 15.7 Å². The molecule has 3 aromatic rings. The Kier molecular flexibility index (Phi) is 5.78. The Morgan fingerprint density at radius 2 is 2.12 bits per heavy atom. The molecule has 0 radical (unpaired) electrons. The fourth-order valence-corrected chi connectivity index (χ4v) is 2.89. The van der Waals surface area contributed by atoms with E-state index in [4.69, 9.17) is 4.52 Å². The number of nitrogens with zero attached hydrogens (tertiary/aromatic N) is 3. The van der Waals surface area contributed by atoms with Gasteiger partial charge in [0.25, 0.3) is 0 Å². The van der Waals surface area contributed by atoms with Gasteiger partial charge in [-0.15, -0.1) is 0 Å². The zero-order valence-electron chi connectivity index (χ0n) is 14.6. The van der Waals surface area contributed by atoms with Gasteiger partial charge in [-0.1, -0.05) is 41.0 Å². The zero-order chi connectivity index (χ0) is 18.5. The molecule has 26 heavy (non-hydrogen) atoms. The largest absolute Gasteiger partial charge is 0.339 e. The summed E-state index contributed by atoms with van der Waals surface area (Å²) in [5.41, 5.74) is 2.55. The molecule has 0 unspecified atom stereocenters. The van der Waals surface area contributed by atoms with Crippen LogP contribution in [-0.4, -0.2) is 21.0 Å². The summed E-state index contributed by atoms with van der Waals surface area (Å²) in [7, 11) is 0. The molecule has 0 saturated carbocycles. The van der Waals surface area contributed by atoms with Crippen LogP contribution in [0, 0.1) is 0 Å². The maximum Gasteiger partial charge on any atom is 0.227 e. The molecule has 0 aliphatic carbocycles. The highest BCUT2D eigenvalue weighted by atomic mass is 79.9. The number of hydrogen-bond acceptors (Lipinski definition) is 5. The predicted molar refractivity (Wildman–Crippen MR) is 103 cm³/mol. The van der Waals surface area contributed by atoms with Crippen molar-refractivity contribution >= 4 is 27.5 Å². The lowest BCUT2D eigenvalue weighted by Crippen LogP contribution is -2.14. The summed E-state index contributed by atoms with van der Waals surface area (Å²) in [5, 5.41) is 6.88. The number of carbonyl (C=O) groups is 1. The Balaban J connectivity index is 1.61. The van der Waals surface area contributed by atoms with Crippen LogP contribution in [-0.2, 0) is 11.2 Å². The molecule has 1 amide bonds. The van der Waals surface area contributed by atoms with E-state index in [1.807, 2.05) is 36.4 Å². The molecule has 0 saturated heterocycles. The van der Waals surface area contributed by atoms with E-state index >= 15 is 0 Å². The monoisotopic (exact) mass is 414 g/mol. The number of rotatable bonds is 6. The van der Waals surface area contributed by atoms with Crippen LogP contribution in [0.5, 0.6) is 0 Å². The number of anilines is 1. The second kappa shape index (κ2) is 8.23. The van der Waals surface area contributed by atoms with Gasteiger partial charge in [0, 0.05) is 29.2 Å². The van der Waals surface area contributed by atoms with Crippen molar-refractivity contribution < 1.29 is 9.32 Å². The smallest absolute Gasteiger partial charge is 0.227 e. The number of amides is 1. The third kappa shape index (κ3) is 4.54. The van der Waals surface area contributed by atoms with Crippen molar-refractivity contribution in [3.05, 3.63) is 58.5 Å². The maximum absolute atomic E-state index is 12.3. The minimum Gasteiger partial charge on any atom is -0.339 e. The molecule has 0 aliphatic heterocycles. The van der Waals surface area contributed by atoms with Crippen LogP contribution >= 0.6 is 15.9 Å². The van der Waals surface area contributed by atoms with Crippen molar-refractivity contribution in [1.82, 2.24) is 15.1 Å². The van der Waals surface area contributed by atoms with Crippen molar-refractivity contribution in [1.29, 1.82) is 0 Å². The van der Waals surface area contributed by atoms with E-state index in [9.17, 15) is 4.79 Å². The molecule has 0 fully saturated rings. The van der Waals surface area contributed by atoms with Gasteiger partial charge >= 0.3 is 0 Å². The summed E-state index contributed by atoms with van der Waals surface area (Å²) in [6.45, 7) is 4.18. The van der Waals surface area contributed by atoms with E-state index in [-0.39, 0.29) is 12.3 Å². The van der Waals surface area contributed by atoms with Gasteiger partial charge in [-0.05, 0) is 41.8 Å².